The molecule has 2 aromatic rings. The highest BCUT2D eigenvalue weighted by Crippen LogP contribution is 2.30. The van der Waals surface area contributed by atoms with Crippen LogP contribution in [0.5, 0.6) is 11.5 Å². The Morgan fingerprint density at radius 1 is 1.23 bits per heavy atom. The van der Waals surface area contributed by atoms with Crippen LogP contribution in [0, 0.1) is 0 Å². The molecule has 138 valence electrons. The summed E-state index contributed by atoms with van der Waals surface area (Å²) in [7, 11) is 3.12. The first-order valence-corrected chi connectivity index (χ1v) is 8.54. The fraction of sp³-hybridized carbons (Fsp3) is 0.368. The number of methoxy groups -OCH3 is 2. The summed E-state index contributed by atoms with van der Waals surface area (Å²) in [4.78, 5) is 16.8. The zero-order chi connectivity index (χ0) is 18.4. The summed E-state index contributed by atoms with van der Waals surface area (Å²) >= 11 is 0. The summed E-state index contributed by atoms with van der Waals surface area (Å²) in [5, 5.41) is 6.08. The number of nitrogens with one attached hydrogen (secondary N) is 2. The van der Waals surface area contributed by atoms with Crippen LogP contribution in [0.1, 0.15) is 23.2 Å². The Labute approximate surface area is 152 Å². The van der Waals surface area contributed by atoms with Gasteiger partial charge in [0.25, 0.3) is 5.91 Å². The van der Waals surface area contributed by atoms with E-state index in [4.69, 9.17) is 14.2 Å². The minimum absolute atomic E-state index is 0.209. The fourth-order valence-corrected chi connectivity index (χ4v) is 2.81. The van der Waals surface area contributed by atoms with Gasteiger partial charge in [-0.15, -0.1) is 0 Å². The monoisotopic (exact) mass is 357 g/mol. The van der Waals surface area contributed by atoms with Crippen molar-refractivity contribution in [2.75, 3.05) is 38.0 Å². The number of carbonyl (C=O) groups is 1. The minimum Gasteiger partial charge on any atom is -0.493 e. The number of carbonyl (C=O) groups excluding carboxylic acids is 1. The van der Waals surface area contributed by atoms with Crippen molar-refractivity contribution in [3.8, 4) is 11.5 Å². The van der Waals surface area contributed by atoms with Gasteiger partial charge < -0.3 is 24.8 Å². The largest absolute Gasteiger partial charge is 0.493 e. The molecule has 1 aromatic carbocycles. The first-order valence-electron chi connectivity index (χ1n) is 8.54. The van der Waals surface area contributed by atoms with E-state index in [0.717, 1.165) is 19.4 Å². The molecule has 7 heteroatoms. The van der Waals surface area contributed by atoms with E-state index >= 15 is 0 Å². The molecule has 0 spiro atoms. The maximum Gasteiger partial charge on any atom is 0.255 e. The molecule has 1 fully saturated rings. The van der Waals surface area contributed by atoms with Gasteiger partial charge in [-0.1, -0.05) is 0 Å². The highest BCUT2D eigenvalue weighted by Gasteiger charge is 2.15. The summed E-state index contributed by atoms with van der Waals surface area (Å²) in [5.74, 6) is 1.59. The number of benzene rings is 1. The molecule has 26 heavy (non-hydrogen) atoms. The van der Waals surface area contributed by atoms with Gasteiger partial charge in [-0.2, -0.15) is 0 Å². The molecule has 1 unspecified atom stereocenters. The topological polar surface area (TPSA) is 81.7 Å². The predicted molar refractivity (Wildman–Crippen MR) is 99.2 cm³/mol. The van der Waals surface area contributed by atoms with Gasteiger partial charge in [0.2, 0.25) is 0 Å². The van der Waals surface area contributed by atoms with E-state index in [-0.39, 0.29) is 12.0 Å². The minimum atomic E-state index is -0.222. The molecule has 3 rings (SSSR count). The van der Waals surface area contributed by atoms with Gasteiger partial charge in [-0.25, -0.2) is 4.98 Å². The molecular formula is C19H23N3O4. The van der Waals surface area contributed by atoms with Crippen molar-refractivity contribution in [2.45, 2.75) is 18.9 Å². The highest BCUT2D eigenvalue weighted by atomic mass is 16.5. The number of hydrogen-bond acceptors (Lipinski definition) is 6. The van der Waals surface area contributed by atoms with Gasteiger partial charge in [0, 0.05) is 36.7 Å². The quantitative estimate of drug-likeness (QED) is 0.793. The van der Waals surface area contributed by atoms with Crippen molar-refractivity contribution in [1.82, 2.24) is 4.98 Å². The molecule has 2 heterocycles. The summed E-state index contributed by atoms with van der Waals surface area (Å²) in [6, 6.07) is 8.62. The first-order chi connectivity index (χ1) is 12.7. The number of anilines is 2. The second-order valence-corrected chi connectivity index (χ2v) is 5.97. The molecule has 1 aliphatic rings. The van der Waals surface area contributed by atoms with Gasteiger partial charge in [0.15, 0.2) is 11.5 Å². The summed E-state index contributed by atoms with van der Waals surface area (Å²) in [5.41, 5.74) is 1.14. The number of nitrogens with zero attached hydrogens (tertiary/aromatic N) is 1. The van der Waals surface area contributed by atoms with E-state index in [2.05, 4.69) is 15.6 Å². The van der Waals surface area contributed by atoms with E-state index in [1.807, 2.05) is 0 Å². The number of pyridine rings is 1. The Balaban J connectivity index is 1.64. The highest BCUT2D eigenvalue weighted by molar-refractivity contribution is 6.04. The smallest absolute Gasteiger partial charge is 0.255 e. The van der Waals surface area contributed by atoms with Crippen LogP contribution in [-0.4, -0.2) is 44.4 Å². The van der Waals surface area contributed by atoms with Crippen molar-refractivity contribution < 1.29 is 19.0 Å². The molecule has 2 N–H and O–H groups in total. The fourth-order valence-electron chi connectivity index (χ4n) is 2.81. The molecule has 1 aliphatic heterocycles. The zero-order valence-corrected chi connectivity index (χ0v) is 15.0. The van der Waals surface area contributed by atoms with Crippen LogP contribution in [0.2, 0.25) is 0 Å². The molecule has 1 atom stereocenters. The van der Waals surface area contributed by atoms with Crippen molar-refractivity contribution in [3.05, 3.63) is 42.1 Å². The van der Waals surface area contributed by atoms with E-state index < -0.39 is 0 Å². The number of aromatic nitrogens is 1. The van der Waals surface area contributed by atoms with Crippen molar-refractivity contribution in [1.29, 1.82) is 0 Å². The lowest BCUT2D eigenvalue weighted by Crippen LogP contribution is -2.19. The molecule has 0 saturated carbocycles. The van der Waals surface area contributed by atoms with Crippen LogP contribution >= 0.6 is 0 Å². The Hall–Kier alpha value is -2.80. The second-order valence-electron chi connectivity index (χ2n) is 5.97. The van der Waals surface area contributed by atoms with E-state index in [9.17, 15) is 4.79 Å². The number of ether oxygens (including phenoxy) is 3. The van der Waals surface area contributed by atoms with Gasteiger partial charge in [-0.05, 0) is 37.1 Å². The molecule has 1 amide bonds. The predicted octanol–water partition coefficient (Wildman–Crippen LogP) is 2.94. The second kappa shape index (κ2) is 8.53. The standard InChI is InChI=1S/C19H23N3O4/c1-24-16-6-5-14(11-17(16)25-2)22-19(23)13-7-8-20-18(10-13)21-12-15-4-3-9-26-15/h5-8,10-11,15H,3-4,9,12H2,1-2H3,(H,20,21)(H,22,23). The van der Waals surface area contributed by atoms with Crippen LogP contribution in [0.4, 0.5) is 11.5 Å². The van der Waals surface area contributed by atoms with Crippen molar-refractivity contribution in [2.24, 2.45) is 0 Å². The number of hydrogen-bond donors (Lipinski definition) is 2. The lowest BCUT2D eigenvalue weighted by Gasteiger charge is -2.12. The Kier molecular flexibility index (Phi) is 5.91. The summed E-state index contributed by atoms with van der Waals surface area (Å²) in [6.45, 7) is 1.50. The van der Waals surface area contributed by atoms with Crippen molar-refractivity contribution in [3.63, 3.8) is 0 Å². The number of amides is 1. The third-order valence-corrected chi connectivity index (χ3v) is 4.20. The molecular weight excluding hydrogens is 334 g/mol. The number of rotatable bonds is 7. The van der Waals surface area contributed by atoms with Gasteiger partial charge in [0.05, 0.1) is 20.3 Å². The van der Waals surface area contributed by atoms with E-state index in [1.165, 1.54) is 0 Å². The lowest BCUT2D eigenvalue weighted by atomic mass is 10.2. The molecule has 0 aliphatic carbocycles. The maximum absolute atomic E-state index is 12.5. The SMILES string of the molecule is COc1ccc(NC(=O)c2ccnc(NCC3CCCO3)c2)cc1OC. The van der Waals surface area contributed by atoms with Crippen LogP contribution in [0.25, 0.3) is 0 Å². The molecule has 1 aromatic heterocycles. The maximum atomic E-state index is 12.5. The first kappa shape index (κ1) is 18.0. The van der Waals surface area contributed by atoms with E-state index in [0.29, 0.717) is 35.1 Å². The van der Waals surface area contributed by atoms with Crippen LogP contribution in [0.15, 0.2) is 36.5 Å². The Bertz CT molecular complexity index is 760. The van der Waals surface area contributed by atoms with Crippen LogP contribution < -0.4 is 20.1 Å². The zero-order valence-electron chi connectivity index (χ0n) is 15.0. The lowest BCUT2D eigenvalue weighted by molar-refractivity contribution is 0.102. The van der Waals surface area contributed by atoms with Crippen LogP contribution in [0.3, 0.4) is 0 Å². The van der Waals surface area contributed by atoms with E-state index in [1.54, 1.807) is 50.7 Å². The Morgan fingerprint density at radius 3 is 2.81 bits per heavy atom. The summed E-state index contributed by atoms with van der Waals surface area (Å²) in [6.07, 6.45) is 3.96. The molecule has 0 radical (unpaired) electrons. The molecule has 7 nitrogen and oxygen atoms in total. The Morgan fingerprint density at radius 2 is 2.08 bits per heavy atom. The van der Waals surface area contributed by atoms with Crippen molar-refractivity contribution >= 4 is 17.4 Å². The normalized spacial score (nSPS) is 16.2. The van der Waals surface area contributed by atoms with Gasteiger partial charge in [-0.3, -0.25) is 4.79 Å². The van der Waals surface area contributed by atoms with Gasteiger partial charge >= 0.3 is 0 Å². The van der Waals surface area contributed by atoms with Crippen LogP contribution in [-0.2, 0) is 4.74 Å². The average molecular weight is 357 g/mol. The molecule has 1 saturated heterocycles. The molecule has 0 bridgehead atoms. The van der Waals surface area contributed by atoms with Gasteiger partial charge in [0.1, 0.15) is 5.82 Å². The third-order valence-electron chi connectivity index (χ3n) is 4.20. The third kappa shape index (κ3) is 4.43. The summed E-state index contributed by atoms with van der Waals surface area (Å²) < 4.78 is 16.0. The average Bonchev–Trinajstić information content (AvgIpc) is 3.20.